The first-order valence-electron chi connectivity index (χ1n) is 5.90. The molecule has 0 bridgehead atoms. The molecule has 0 saturated heterocycles. The Labute approximate surface area is 98.1 Å². The molecule has 0 saturated carbocycles. The summed E-state index contributed by atoms with van der Waals surface area (Å²) < 4.78 is 13.4. The fraction of sp³-hybridized carbons (Fsp3) is 0.571. The SMILES string of the molecule is CNC(c1cc(C)cc(F)c1)C(C)C(C)C. The maximum Gasteiger partial charge on any atom is 0.123 e. The molecule has 0 aromatic heterocycles. The highest BCUT2D eigenvalue weighted by molar-refractivity contribution is 5.26. The van der Waals surface area contributed by atoms with E-state index in [2.05, 4.69) is 32.2 Å². The van der Waals surface area contributed by atoms with E-state index in [1.165, 1.54) is 0 Å². The van der Waals surface area contributed by atoms with Gasteiger partial charge in [-0.2, -0.15) is 0 Å². The maximum absolute atomic E-state index is 13.4. The van der Waals surface area contributed by atoms with Crippen molar-refractivity contribution in [1.82, 2.24) is 5.32 Å². The molecule has 0 spiro atoms. The molecule has 1 N–H and O–H groups in total. The van der Waals surface area contributed by atoms with Crippen LogP contribution in [0.3, 0.4) is 0 Å². The summed E-state index contributed by atoms with van der Waals surface area (Å²) in [7, 11) is 1.93. The lowest BCUT2D eigenvalue weighted by Gasteiger charge is -2.27. The van der Waals surface area contributed by atoms with E-state index in [4.69, 9.17) is 0 Å². The van der Waals surface area contributed by atoms with Crippen LogP contribution in [-0.4, -0.2) is 7.05 Å². The highest BCUT2D eigenvalue weighted by Crippen LogP contribution is 2.28. The normalized spacial score (nSPS) is 15.2. The van der Waals surface area contributed by atoms with Crippen molar-refractivity contribution in [1.29, 1.82) is 0 Å². The molecule has 2 atom stereocenters. The molecule has 16 heavy (non-hydrogen) atoms. The summed E-state index contributed by atoms with van der Waals surface area (Å²) in [6, 6.07) is 5.47. The number of nitrogens with one attached hydrogen (secondary N) is 1. The predicted octanol–water partition coefficient (Wildman–Crippen LogP) is 3.69. The second-order valence-corrected chi connectivity index (χ2v) is 4.93. The largest absolute Gasteiger partial charge is 0.313 e. The minimum Gasteiger partial charge on any atom is -0.313 e. The number of benzene rings is 1. The number of rotatable bonds is 4. The summed E-state index contributed by atoms with van der Waals surface area (Å²) >= 11 is 0. The van der Waals surface area contributed by atoms with Gasteiger partial charge in [-0.25, -0.2) is 4.39 Å². The molecule has 90 valence electrons. The van der Waals surface area contributed by atoms with Crippen LogP contribution in [0.5, 0.6) is 0 Å². The maximum atomic E-state index is 13.4. The van der Waals surface area contributed by atoms with Crippen LogP contribution in [-0.2, 0) is 0 Å². The number of halogens is 1. The Morgan fingerprint density at radius 3 is 2.19 bits per heavy atom. The summed E-state index contributed by atoms with van der Waals surface area (Å²) in [5, 5.41) is 3.29. The summed E-state index contributed by atoms with van der Waals surface area (Å²) in [4.78, 5) is 0. The zero-order valence-corrected chi connectivity index (χ0v) is 10.8. The van der Waals surface area contributed by atoms with Gasteiger partial charge in [-0.1, -0.05) is 26.8 Å². The van der Waals surface area contributed by atoms with Crippen LogP contribution < -0.4 is 5.32 Å². The Balaban J connectivity index is 3.03. The monoisotopic (exact) mass is 223 g/mol. The first kappa shape index (κ1) is 13.2. The first-order chi connectivity index (χ1) is 7.45. The van der Waals surface area contributed by atoms with Crippen LogP contribution in [0.15, 0.2) is 18.2 Å². The van der Waals surface area contributed by atoms with Crippen molar-refractivity contribution in [2.24, 2.45) is 11.8 Å². The van der Waals surface area contributed by atoms with E-state index < -0.39 is 0 Å². The third kappa shape index (κ3) is 3.05. The molecule has 2 unspecified atom stereocenters. The number of aryl methyl sites for hydroxylation is 1. The average molecular weight is 223 g/mol. The molecular formula is C14H22FN. The predicted molar refractivity (Wildman–Crippen MR) is 66.9 cm³/mol. The Hall–Kier alpha value is -0.890. The number of hydrogen-bond donors (Lipinski definition) is 1. The molecule has 0 heterocycles. The van der Waals surface area contributed by atoms with Crippen LogP contribution in [0, 0.1) is 24.6 Å². The summed E-state index contributed by atoms with van der Waals surface area (Å²) in [6.45, 7) is 8.52. The van der Waals surface area contributed by atoms with E-state index in [9.17, 15) is 4.39 Å². The van der Waals surface area contributed by atoms with Gasteiger partial charge < -0.3 is 5.32 Å². The van der Waals surface area contributed by atoms with Gasteiger partial charge in [0.05, 0.1) is 0 Å². The number of hydrogen-bond acceptors (Lipinski definition) is 1. The molecule has 1 nitrogen and oxygen atoms in total. The van der Waals surface area contributed by atoms with Crippen molar-refractivity contribution in [3.05, 3.63) is 35.1 Å². The molecule has 1 aromatic carbocycles. The topological polar surface area (TPSA) is 12.0 Å². The zero-order chi connectivity index (χ0) is 12.3. The molecule has 0 amide bonds. The molecule has 1 rings (SSSR count). The summed E-state index contributed by atoms with van der Waals surface area (Å²) in [6.07, 6.45) is 0. The van der Waals surface area contributed by atoms with Crippen molar-refractivity contribution in [2.75, 3.05) is 7.05 Å². The minimum atomic E-state index is -0.147. The minimum absolute atomic E-state index is 0.147. The lowest BCUT2D eigenvalue weighted by atomic mass is 9.86. The second-order valence-electron chi connectivity index (χ2n) is 4.93. The van der Waals surface area contributed by atoms with E-state index in [0.29, 0.717) is 11.8 Å². The fourth-order valence-electron chi connectivity index (χ4n) is 2.06. The van der Waals surface area contributed by atoms with E-state index in [1.54, 1.807) is 12.1 Å². The second kappa shape index (κ2) is 5.44. The van der Waals surface area contributed by atoms with Crippen molar-refractivity contribution in [3.63, 3.8) is 0 Å². The smallest absolute Gasteiger partial charge is 0.123 e. The molecule has 0 fully saturated rings. The van der Waals surface area contributed by atoms with Crippen LogP contribution in [0.4, 0.5) is 4.39 Å². The van der Waals surface area contributed by atoms with Gasteiger partial charge in [0.2, 0.25) is 0 Å². The molecule has 0 aliphatic heterocycles. The van der Waals surface area contributed by atoms with Crippen LogP contribution >= 0.6 is 0 Å². The van der Waals surface area contributed by atoms with Crippen LogP contribution in [0.1, 0.15) is 37.9 Å². The first-order valence-corrected chi connectivity index (χ1v) is 5.90. The molecule has 0 radical (unpaired) electrons. The van der Waals surface area contributed by atoms with E-state index in [1.807, 2.05) is 14.0 Å². The Bertz CT molecular complexity index is 326. The van der Waals surface area contributed by atoms with Gasteiger partial charge in [-0.3, -0.25) is 0 Å². The van der Waals surface area contributed by atoms with Crippen molar-refractivity contribution in [3.8, 4) is 0 Å². The van der Waals surface area contributed by atoms with Gasteiger partial charge in [0.25, 0.3) is 0 Å². The highest BCUT2D eigenvalue weighted by Gasteiger charge is 2.20. The summed E-state index contributed by atoms with van der Waals surface area (Å²) in [5.74, 6) is 0.901. The molecule has 2 heteroatoms. The highest BCUT2D eigenvalue weighted by atomic mass is 19.1. The Kier molecular flexibility index (Phi) is 4.48. The third-order valence-electron chi connectivity index (χ3n) is 3.31. The van der Waals surface area contributed by atoms with Gasteiger partial charge in [0.15, 0.2) is 0 Å². The lowest BCUT2D eigenvalue weighted by Crippen LogP contribution is -2.26. The molecule has 1 aromatic rings. The lowest BCUT2D eigenvalue weighted by molar-refractivity contribution is 0.316. The van der Waals surface area contributed by atoms with Gasteiger partial charge in [-0.05, 0) is 49.1 Å². The Morgan fingerprint density at radius 1 is 1.12 bits per heavy atom. The fourth-order valence-corrected chi connectivity index (χ4v) is 2.06. The average Bonchev–Trinajstić information content (AvgIpc) is 2.16. The molecular weight excluding hydrogens is 201 g/mol. The zero-order valence-electron chi connectivity index (χ0n) is 10.8. The van der Waals surface area contributed by atoms with E-state index in [-0.39, 0.29) is 11.9 Å². The van der Waals surface area contributed by atoms with Crippen molar-refractivity contribution < 1.29 is 4.39 Å². The molecule has 0 aliphatic rings. The van der Waals surface area contributed by atoms with Crippen LogP contribution in [0.2, 0.25) is 0 Å². The van der Waals surface area contributed by atoms with Gasteiger partial charge >= 0.3 is 0 Å². The van der Waals surface area contributed by atoms with Gasteiger partial charge in [0, 0.05) is 6.04 Å². The van der Waals surface area contributed by atoms with Gasteiger partial charge in [0.1, 0.15) is 5.82 Å². The van der Waals surface area contributed by atoms with Crippen LogP contribution in [0.25, 0.3) is 0 Å². The molecule has 0 aliphatic carbocycles. The third-order valence-corrected chi connectivity index (χ3v) is 3.31. The standard InChI is InChI=1S/C14H22FN/c1-9(2)11(4)14(16-5)12-6-10(3)7-13(15)8-12/h6-9,11,14,16H,1-5H3. The quantitative estimate of drug-likeness (QED) is 0.821. The van der Waals surface area contributed by atoms with E-state index >= 15 is 0 Å². The van der Waals surface area contributed by atoms with Crippen molar-refractivity contribution in [2.45, 2.75) is 33.7 Å². The van der Waals surface area contributed by atoms with Gasteiger partial charge in [-0.15, -0.1) is 0 Å². The van der Waals surface area contributed by atoms with Crippen molar-refractivity contribution >= 4 is 0 Å². The van der Waals surface area contributed by atoms with E-state index in [0.717, 1.165) is 11.1 Å². The summed E-state index contributed by atoms with van der Waals surface area (Å²) in [5.41, 5.74) is 2.02. The Morgan fingerprint density at radius 2 is 1.75 bits per heavy atom.